The molecule has 0 aliphatic heterocycles. The molecule has 0 aliphatic rings. The molecule has 0 amide bonds. The molecule has 0 saturated carbocycles. The molecule has 0 fully saturated rings. The monoisotopic (exact) mass is 2200 g/mol. The first-order chi connectivity index (χ1) is 0. The van der Waals surface area contributed by atoms with Crippen LogP contribution in [0.1, 0.15) is 0 Å². The maximum absolute atomic E-state index is 0. The largest absolute Gasteiger partial charge is 4.00 e. The van der Waals surface area contributed by atoms with Crippen LogP contribution in [-0.4, -0.2) is 545 Å². The van der Waals surface area contributed by atoms with E-state index in [4.69, 9.17) is 0 Å². The summed E-state index contributed by atoms with van der Waals surface area (Å²) in [6.45, 7) is 0. The van der Waals surface area contributed by atoms with Crippen molar-refractivity contribution < 1.29 is 431 Å². The van der Waals surface area contributed by atoms with Gasteiger partial charge in [-0.15, -0.1) is 0 Å². The third kappa shape index (κ3) is 9620. The Morgan fingerprint density at radius 2 is 0.0556 bits per heavy atom. The van der Waals surface area contributed by atoms with Crippen LogP contribution in [-0.2, 0) is 372 Å². The smallest absolute Gasteiger partial charge is 2.00 e. The van der Waals surface area contributed by atoms with E-state index in [0.29, 0.717) is 0 Å². The zero-order valence-corrected chi connectivity index (χ0v) is 96.8. The van der Waals surface area contributed by atoms with Gasteiger partial charge < -0.3 is 372 Å². The van der Waals surface area contributed by atoms with Gasteiger partial charge in [-0.1, -0.05) is 0 Å². The molecule has 0 aromatic heterocycles. The van der Waals surface area contributed by atoms with Gasteiger partial charge in [0.05, 0.1) is 0 Å². The molecular weight excluding hydrogens is 2210 g/mol. The van der Waals surface area contributed by atoms with Gasteiger partial charge in [-0.25, -0.2) is 0 Å². The van der Waals surface area contributed by atoms with Gasteiger partial charge in [0.1, 0.15) is 0 Å². The predicted molar refractivity (Wildman–Crippen MR) is 265 cm³/mol. The SMILES string of the molecule is [Al+3].[Al+3].[Al+3].[Al+3].[Al+3].[Al+3].[Ca+2].[Ca+2].[Mg+2].[Mg+2].[Mg+2].[Na+].[Na+].[O-2].[O-2].[O-2].[O-2].[O-2].[O-2].[O-2].[O-2].[O-2].[O-2].[O-2].[O-2].[O-2].[O-2].[O-2].[O-2].[O-2].[O-2].[O-2].[O-2].[O-2].[O-2].[O-2].[O-2].[O-2].[O-2].[O-2].[O-2].[O-2].[O-2].[O-2].[O-2].[O-2].[O-2].[O-2].[O-2].[O-2].[O-2].[O-2].[O-2].[O-2].[O-2].[O-2].[O-2].[O-2].[O-2].[O-2].[O-2].[O-2].[O-2].[O-2].[O-2].[O-2].[O-2].[O-2].[O-2].[O-2].[O-2].[O-2].[O-2].[O-2].[O-2].[O-2].[O-2].[O-2].[O-2].[O-2].[O-2].[Si+4].[Si+4].[Si+4].[Si+4].[Si+4].[Si+4].[Si+4].[Si+4].[Si+4].[Si+4].[Si+4].[Si+4].[Si+4].[Si+4].[Si+4].[Si+4].[Si+4].[Si+4].[Si+4].[Si+4].[Si+4].[Si+4].[Si+4].[Si+4].[Si+4].[Si+4].[Si+4]. The molecule has 108 heavy (non-hydrogen) atoms. The Morgan fingerprint density at radius 3 is 0.0556 bits per heavy atom. The van der Waals surface area contributed by atoms with E-state index >= 15 is 0 Å². The molecule has 0 aromatic carbocycles. The molecule has 108 heteroatoms. The summed E-state index contributed by atoms with van der Waals surface area (Å²) >= 11 is 0. The summed E-state index contributed by atoms with van der Waals surface area (Å²) in [4.78, 5) is 0. The van der Waals surface area contributed by atoms with Crippen molar-refractivity contribution in [3.8, 4) is 0 Å². The van der Waals surface area contributed by atoms with Gasteiger partial charge >= 0.3 is 604 Å². The Balaban J connectivity index is 0. The first-order valence-electron chi connectivity index (χ1n) is 0. The van der Waals surface area contributed by atoms with Gasteiger partial charge in [-0.2, -0.15) is 0 Å². The maximum Gasteiger partial charge on any atom is 4.00 e. The van der Waals surface area contributed by atoms with Crippen molar-refractivity contribution in [1.29, 1.82) is 0 Å². The van der Waals surface area contributed by atoms with Gasteiger partial charge in [0, 0.05) is 0 Å². The molecule has 0 heterocycles. The van der Waals surface area contributed by atoms with Crippen LogP contribution < -0.4 is 59.1 Å². The predicted octanol–water partition coefficient (Wildman–Crippen LogP) is -28.5. The summed E-state index contributed by atoms with van der Waals surface area (Å²) in [5, 5.41) is 0. The Bertz CT molecular complexity index is 163. The van der Waals surface area contributed by atoms with E-state index in [0.717, 1.165) is 0 Å². The third-order valence-corrected chi connectivity index (χ3v) is 0. The zero-order chi connectivity index (χ0) is 0. The molecule has 0 unspecified atom stereocenters. The fraction of sp³-hybridized carbons (Fsp3) is 0. The first kappa shape index (κ1) is 10100. The van der Waals surface area contributed by atoms with Gasteiger partial charge in [-0.05, 0) is 0 Å². The van der Waals surface area contributed by atoms with E-state index in [2.05, 4.69) is 0 Å². The van der Waals surface area contributed by atoms with E-state index in [1.54, 1.807) is 0 Å². The Hall–Kier alpha value is 13.1. The van der Waals surface area contributed by atoms with E-state index in [1.165, 1.54) is 0 Å². The van der Waals surface area contributed by atoms with Crippen LogP contribution in [0.5, 0.6) is 0 Å². The van der Waals surface area contributed by atoms with Crippen molar-refractivity contribution in [1.82, 2.24) is 0 Å². The molecule has 0 bridgehead atoms. The Labute approximate surface area is 962 Å². The molecule has 544 valence electrons. The van der Waals surface area contributed by atoms with Gasteiger partial charge in [0.25, 0.3) is 0 Å². The summed E-state index contributed by atoms with van der Waals surface area (Å²) in [5.41, 5.74) is 0. The fourth-order valence-corrected chi connectivity index (χ4v) is 0. The number of hydrogen-bond donors (Lipinski definition) is 0. The summed E-state index contributed by atoms with van der Waals surface area (Å²) in [5.74, 6) is 0. The molecule has 68 nitrogen and oxygen atoms in total. The summed E-state index contributed by atoms with van der Waals surface area (Å²) < 4.78 is 0. The van der Waals surface area contributed by atoms with Crippen molar-refractivity contribution in [2.24, 2.45) is 0 Å². The molecule has 0 atom stereocenters. The summed E-state index contributed by atoms with van der Waals surface area (Å²) in [6.07, 6.45) is 0. The van der Waals surface area contributed by atoms with Crippen molar-refractivity contribution in [2.45, 2.75) is 0 Å². The molecule has 0 rings (SSSR count). The average molecular weight is 2210 g/mol. The average Bonchev–Trinajstić information content (AvgIpc) is 0. The Morgan fingerprint density at radius 1 is 0.0556 bits per heavy atom. The van der Waals surface area contributed by atoms with Gasteiger partial charge in [0.2, 0.25) is 0 Å². The van der Waals surface area contributed by atoms with E-state index in [-0.39, 0.29) is 976 Å². The fourth-order valence-electron chi connectivity index (χ4n) is 0. The molecular formula is Al6Ca2Mg3Na2O68Si27+2. The number of rotatable bonds is 0. The van der Waals surface area contributed by atoms with Crippen molar-refractivity contribution in [2.75, 3.05) is 0 Å². The number of hydrogen-bond acceptors (Lipinski definition) is 0. The summed E-state index contributed by atoms with van der Waals surface area (Å²) in [6, 6.07) is 0. The third-order valence-electron chi connectivity index (χ3n) is 0. The van der Waals surface area contributed by atoms with Gasteiger partial charge in [0.15, 0.2) is 0 Å². The molecule has 0 aromatic rings. The van der Waals surface area contributed by atoms with Crippen LogP contribution in [0, 0.1) is 0 Å². The maximum atomic E-state index is 0. The van der Waals surface area contributed by atoms with Crippen molar-refractivity contribution in [3.05, 3.63) is 0 Å². The second-order valence-corrected chi connectivity index (χ2v) is 0. The molecule has 0 N–H and O–H groups in total. The second-order valence-electron chi connectivity index (χ2n) is 0. The molecule has 0 aliphatic carbocycles. The topological polar surface area (TPSA) is 1940 Å². The molecule has 0 radical (unpaired) electrons. The minimum Gasteiger partial charge on any atom is -2.00 e. The van der Waals surface area contributed by atoms with Crippen LogP contribution in [0.15, 0.2) is 0 Å². The van der Waals surface area contributed by atoms with Crippen LogP contribution in [0.3, 0.4) is 0 Å². The van der Waals surface area contributed by atoms with Crippen LogP contribution in [0.4, 0.5) is 0 Å². The zero-order valence-electron chi connectivity index (χ0n) is 50.3. The molecule has 0 saturated heterocycles. The first-order valence-corrected chi connectivity index (χ1v) is 0. The standard InChI is InChI=1S/6Al.2Ca.3Mg.2Na.68O.27Si/q6*+3;5*+2;2*+1;68*-2;27*+4. The Kier molecular flexibility index (Phi) is 924000. The van der Waals surface area contributed by atoms with Crippen molar-refractivity contribution >= 4 is 545 Å². The van der Waals surface area contributed by atoms with Crippen molar-refractivity contribution in [3.63, 3.8) is 0 Å². The summed E-state index contributed by atoms with van der Waals surface area (Å²) in [7, 11) is 0. The van der Waals surface area contributed by atoms with Crippen LogP contribution in [0.2, 0.25) is 0 Å². The molecule has 0 spiro atoms. The van der Waals surface area contributed by atoms with E-state index in [1.807, 2.05) is 0 Å². The van der Waals surface area contributed by atoms with E-state index < -0.39 is 0 Å². The van der Waals surface area contributed by atoms with Crippen LogP contribution >= 0.6 is 0 Å². The minimum absolute atomic E-state index is 0. The second kappa shape index (κ2) is 9870. The van der Waals surface area contributed by atoms with E-state index in [9.17, 15) is 0 Å². The quantitative estimate of drug-likeness (QED) is 0.204. The van der Waals surface area contributed by atoms with Gasteiger partial charge in [-0.3, -0.25) is 0 Å². The normalized spacial score (nSPS) is 0. The van der Waals surface area contributed by atoms with Crippen LogP contribution in [0.25, 0.3) is 0 Å². The minimum atomic E-state index is 0.